The maximum Gasteiger partial charge on any atom is 0.321 e. The SMILES string of the molecule is CCC1=N[C@@H](NC(=O)Nc2cccc(C)c2)C(=O)Nc2ccccc21. The van der Waals surface area contributed by atoms with Crippen molar-refractivity contribution in [3.8, 4) is 0 Å². The lowest BCUT2D eigenvalue weighted by atomic mass is 10.1. The molecule has 2 aromatic rings. The smallest absolute Gasteiger partial charge is 0.321 e. The van der Waals surface area contributed by atoms with Gasteiger partial charge in [-0.3, -0.25) is 9.79 Å². The van der Waals surface area contributed by atoms with E-state index in [-0.39, 0.29) is 5.91 Å². The van der Waals surface area contributed by atoms with E-state index in [1.807, 2.05) is 56.3 Å². The Morgan fingerprint density at radius 3 is 2.76 bits per heavy atom. The first-order valence-electron chi connectivity index (χ1n) is 8.18. The second-order valence-corrected chi connectivity index (χ2v) is 5.83. The Morgan fingerprint density at radius 1 is 1.20 bits per heavy atom. The predicted molar refractivity (Wildman–Crippen MR) is 99.0 cm³/mol. The molecular weight excluding hydrogens is 316 g/mol. The minimum absolute atomic E-state index is 0.365. The molecule has 0 saturated carbocycles. The van der Waals surface area contributed by atoms with Crippen LogP contribution in [0.3, 0.4) is 0 Å². The summed E-state index contributed by atoms with van der Waals surface area (Å²) < 4.78 is 0. The third kappa shape index (κ3) is 3.85. The summed E-state index contributed by atoms with van der Waals surface area (Å²) in [6.45, 7) is 3.91. The predicted octanol–water partition coefficient (Wildman–Crippen LogP) is 3.29. The number of anilines is 2. The molecule has 1 heterocycles. The monoisotopic (exact) mass is 336 g/mol. The normalized spacial score (nSPS) is 16.2. The van der Waals surface area contributed by atoms with Crippen LogP contribution in [0.5, 0.6) is 0 Å². The first-order valence-corrected chi connectivity index (χ1v) is 8.18. The highest BCUT2D eigenvalue weighted by molar-refractivity contribution is 6.12. The highest BCUT2D eigenvalue weighted by Crippen LogP contribution is 2.21. The zero-order valence-corrected chi connectivity index (χ0v) is 14.2. The van der Waals surface area contributed by atoms with Gasteiger partial charge in [-0.1, -0.05) is 37.3 Å². The highest BCUT2D eigenvalue weighted by Gasteiger charge is 2.25. The number of para-hydroxylation sites is 1. The summed E-state index contributed by atoms with van der Waals surface area (Å²) in [6, 6.07) is 14.4. The molecular formula is C19H20N4O2. The zero-order chi connectivity index (χ0) is 17.8. The summed E-state index contributed by atoms with van der Waals surface area (Å²) in [5.41, 5.74) is 4.05. The number of benzodiazepines with no additional fused rings is 1. The van der Waals surface area contributed by atoms with E-state index < -0.39 is 12.2 Å². The number of aliphatic imine (C=N–C) groups is 1. The number of carbonyl (C=O) groups excluding carboxylic acids is 2. The van der Waals surface area contributed by atoms with Crippen molar-refractivity contribution < 1.29 is 9.59 Å². The van der Waals surface area contributed by atoms with E-state index in [1.54, 1.807) is 6.07 Å². The van der Waals surface area contributed by atoms with Crippen molar-refractivity contribution in [2.45, 2.75) is 26.4 Å². The number of nitrogens with one attached hydrogen (secondary N) is 3. The molecule has 2 aromatic carbocycles. The molecule has 0 saturated heterocycles. The number of nitrogens with zero attached hydrogens (tertiary/aromatic N) is 1. The number of hydrogen-bond donors (Lipinski definition) is 3. The molecule has 0 aromatic heterocycles. The highest BCUT2D eigenvalue weighted by atomic mass is 16.2. The fraction of sp³-hybridized carbons (Fsp3) is 0.211. The van der Waals surface area contributed by atoms with Crippen molar-refractivity contribution in [1.82, 2.24) is 5.32 Å². The molecule has 0 aliphatic carbocycles. The molecule has 25 heavy (non-hydrogen) atoms. The van der Waals surface area contributed by atoms with E-state index in [4.69, 9.17) is 0 Å². The van der Waals surface area contributed by atoms with Gasteiger partial charge in [0, 0.05) is 22.6 Å². The van der Waals surface area contributed by atoms with Crippen LogP contribution in [0, 0.1) is 6.92 Å². The van der Waals surface area contributed by atoms with Crippen LogP contribution in [0.15, 0.2) is 53.5 Å². The average molecular weight is 336 g/mol. The molecule has 1 aliphatic heterocycles. The van der Waals surface area contributed by atoms with Crippen molar-refractivity contribution in [2.75, 3.05) is 10.6 Å². The summed E-state index contributed by atoms with van der Waals surface area (Å²) in [4.78, 5) is 29.1. The minimum Gasteiger partial charge on any atom is -0.322 e. The van der Waals surface area contributed by atoms with Gasteiger partial charge in [-0.25, -0.2) is 4.79 Å². The number of carbonyl (C=O) groups is 2. The second-order valence-electron chi connectivity index (χ2n) is 5.83. The zero-order valence-electron chi connectivity index (χ0n) is 14.2. The summed E-state index contributed by atoms with van der Waals surface area (Å²) >= 11 is 0. The molecule has 3 amide bonds. The van der Waals surface area contributed by atoms with E-state index in [0.29, 0.717) is 17.8 Å². The van der Waals surface area contributed by atoms with Crippen LogP contribution in [0.1, 0.15) is 24.5 Å². The molecule has 3 rings (SSSR count). The molecule has 0 bridgehead atoms. The number of urea groups is 1. The van der Waals surface area contributed by atoms with Crippen molar-refractivity contribution in [1.29, 1.82) is 0 Å². The van der Waals surface area contributed by atoms with Gasteiger partial charge in [-0.2, -0.15) is 0 Å². The average Bonchev–Trinajstić information content (AvgIpc) is 2.71. The van der Waals surface area contributed by atoms with Gasteiger partial charge < -0.3 is 16.0 Å². The standard InChI is InChI=1S/C19H20N4O2/c1-3-15-14-9-4-5-10-16(14)22-18(24)17(21-15)23-19(25)20-13-8-6-7-12(2)11-13/h4-11,17H,3H2,1-2H3,(H,22,24)(H2,20,23,25)/t17-/m0/s1. The number of hydrogen-bond acceptors (Lipinski definition) is 3. The molecule has 0 fully saturated rings. The quantitative estimate of drug-likeness (QED) is 0.804. The van der Waals surface area contributed by atoms with Gasteiger partial charge in [0.1, 0.15) is 0 Å². The summed E-state index contributed by atoms with van der Waals surface area (Å²) in [7, 11) is 0. The first-order chi connectivity index (χ1) is 12.1. The van der Waals surface area contributed by atoms with Gasteiger partial charge in [0.15, 0.2) is 0 Å². The third-order valence-electron chi connectivity index (χ3n) is 3.91. The molecule has 3 N–H and O–H groups in total. The van der Waals surface area contributed by atoms with Crippen LogP contribution in [-0.4, -0.2) is 23.8 Å². The molecule has 1 aliphatic rings. The molecule has 6 heteroatoms. The fourth-order valence-corrected chi connectivity index (χ4v) is 2.72. The Kier molecular flexibility index (Phi) is 4.79. The third-order valence-corrected chi connectivity index (χ3v) is 3.91. The van der Waals surface area contributed by atoms with Gasteiger partial charge >= 0.3 is 6.03 Å². The van der Waals surface area contributed by atoms with E-state index in [2.05, 4.69) is 20.9 Å². The Bertz CT molecular complexity index is 845. The topological polar surface area (TPSA) is 82.6 Å². The number of amides is 3. The van der Waals surface area contributed by atoms with Gasteiger partial charge in [0.05, 0.1) is 0 Å². The van der Waals surface area contributed by atoms with Gasteiger partial charge in [-0.05, 0) is 37.1 Å². The lowest BCUT2D eigenvalue weighted by Crippen LogP contribution is -2.44. The Hall–Kier alpha value is -3.15. The Balaban J connectivity index is 1.78. The number of benzene rings is 2. The van der Waals surface area contributed by atoms with Gasteiger partial charge in [-0.15, -0.1) is 0 Å². The molecule has 0 spiro atoms. The van der Waals surface area contributed by atoms with Crippen molar-refractivity contribution in [3.63, 3.8) is 0 Å². The first kappa shape index (κ1) is 16.7. The van der Waals surface area contributed by atoms with Crippen LogP contribution in [0.4, 0.5) is 16.2 Å². The van der Waals surface area contributed by atoms with Gasteiger partial charge in [0.25, 0.3) is 5.91 Å². The second kappa shape index (κ2) is 7.17. The molecule has 0 radical (unpaired) electrons. The van der Waals surface area contributed by atoms with Crippen LogP contribution < -0.4 is 16.0 Å². The molecule has 0 unspecified atom stereocenters. The maximum absolute atomic E-state index is 12.4. The molecule has 6 nitrogen and oxygen atoms in total. The molecule has 1 atom stereocenters. The van der Waals surface area contributed by atoms with E-state index >= 15 is 0 Å². The van der Waals surface area contributed by atoms with Crippen molar-refractivity contribution in [2.24, 2.45) is 4.99 Å². The Labute approximate surface area is 146 Å². The van der Waals surface area contributed by atoms with Gasteiger partial charge in [0.2, 0.25) is 6.17 Å². The van der Waals surface area contributed by atoms with Crippen molar-refractivity contribution >= 4 is 29.0 Å². The van der Waals surface area contributed by atoms with Crippen LogP contribution in [-0.2, 0) is 4.79 Å². The summed E-state index contributed by atoms with van der Waals surface area (Å²) in [5, 5.41) is 8.17. The number of fused-ring (bicyclic) bond motifs is 1. The number of aryl methyl sites for hydroxylation is 1. The maximum atomic E-state index is 12.4. The Morgan fingerprint density at radius 2 is 2.00 bits per heavy atom. The lowest BCUT2D eigenvalue weighted by molar-refractivity contribution is -0.117. The largest absolute Gasteiger partial charge is 0.322 e. The van der Waals surface area contributed by atoms with E-state index in [9.17, 15) is 9.59 Å². The van der Waals surface area contributed by atoms with Crippen LogP contribution in [0.25, 0.3) is 0 Å². The molecule has 128 valence electrons. The summed E-state index contributed by atoms with van der Waals surface area (Å²) in [6.07, 6.45) is -0.323. The summed E-state index contributed by atoms with van der Waals surface area (Å²) in [5.74, 6) is -0.365. The van der Waals surface area contributed by atoms with Crippen LogP contribution >= 0.6 is 0 Å². The number of rotatable bonds is 3. The van der Waals surface area contributed by atoms with Crippen molar-refractivity contribution in [3.05, 3.63) is 59.7 Å². The fourth-order valence-electron chi connectivity index (χ4n) is 2.72. The lowest BCUT2D eigenvalue weighted by Gasteiger charge is -2.14. The van der Waals surface area contributed by atoms with E-state index in [0.717, 1.165) is 16.8 Å². The van der Waals surface area contributed by atoms with E-state index in [1.165, 1.54) is 0 Å². The van der Waals surface area contributed by atoms with Crippen LogP contribution in [0.2, 0.25) is 0 Å². The minimum atomic E-state index is -0.979.